The molecule has 2 rings (SSSR count). The van der Waals surface area contributed by atoms with E-state index in [2.05, 4.69) is 0 Å². The fraction of sp³-hybridized carbons (Fsp3) is 0.571. The lowest BCUT2D eigenvalue weighted by molar-refractivity contribution is 0.00667. The van der Waals surface area contributed by atoms with Crippen molar-refractivity contribution in [2.45, 2.75) is 38.3 Å². The third kappa shape index (κ3) is 3.20. The Morgan fingerprint density at radius 2 is 2.12 bits per heavy atom. The topological polar surface area (TPSA) is 44.5 Å². The van der Waals surface area contributed by atoms with E-state index in [0.29, 0.717) is 6.61 Å². The van der Waals surface area contributed by atoms with E-state index in [1.807, 2.05) is 38.1 Å². The molecule has 3 heteroatoms. The summed E-state index contributed by atoms with van der Waals surface area (Å²) in [7, 11) is 0. The average molecular weight is 235 g/mol. The summed E-state index contributed by atoms with van der Waals surface area (Å²) in [5.41, 5.74) is 6.82. The summed E-state index contributed by atoms with van der Waals surface area (Å²) < 4.78 is 11.4. The van der Waals surface area contributed by atoms with Crippen LogP contribution in [0.3, 0.4) is 0 Å². The maximum Gasteiger partial charge on any atom is 0.124 e. The summed E-state index contributed by atoms with van der Waals surface area (Å²) in [6.07, 6.45) is 2.28. The minimum absolute atomic E-state index is 0.159. The van der Waals surface area contributed by atoms with Crippen molar-refractivity contribution in [3.8, 4) is 5.75 Å². The molecule has 0 aromatic heterocycles. The van der Waals surface area contributed by atoms with Crippen LogP contribution in [0.15, 0.2) is 24.3 Å². The Bertz CT molecular complexity index is 365. The molecule has 17 heavy (non-hydrogen) atoms. The lowest BCUT2D eigenvalue weighted by Gasteiger charge is -2.28. The summed E-state index contributed by atoms with van der Waals surface area (Å²) in [5, 5.41) is 0. The second-order valence-corrected chi connectivity index (χ2v) is 5.17. The van der Waals surface area contributed by atoms with Crippen LogP contribution < -0.4 is 10.5 Å². The summed E-state index contributed by atoms with van der Waals surface area (Å²) in [5.74, 6) is 0.885. The van der Waals surface area contributed by atoms with Gasteiger partial charge in [0.25, 0.3) is 0 Å². The standard InChI is InChI=1S/C14H21NO2/c1-14(2,15)12-7-3-4-8-13(12)17-11-6-5-9-16-10-11/h3-4,7-8,11H,5-6,9-10,15H2,1-2H3. The fourth-order valence-electron chi connectivity index (χ4n) is 2.09. The fourth-order valence-corrected chi connectivity index (χ4v) is 2.09. The van der Waals surface area contributed by atoms with Gasteiger partial charge in [-0.05, 0) is 32.8 Å². The number of ether oxygens (including phenoxy) is 2. The summed E-state index contributed by atoms with van der Waals surface area (Å²) in [6.45, 7) is 5.52. The highest BCUT2D eigenvalue weighted by Gasteiger charge is 2.22. The van der Waals surface area contributed by atoms with Gasteiger partial charge >= 0.3 is 0 Å². The molecule has 1 heterocycles. The summed E-state index contributed by atoms with van der Waals surface area (Å²) in [6, 6.07) is 7.99. The van der Waals surface area contributed by atoms with Crippen molar-refractivity contribution >= 4 is 0 Å². The van der Waals surface area contributed by atoms with Gasteiger partial charge in [0.05, 0.1) is 6.61 Å². The van der Waals surface area contributed by atoms with Gasteiger partial charge in [0.15, 0.2) is 0 Å². The van der Waals surface area contributed by atoms with Gasteiger partial charge in [0.2, 0.25) is 0 Å². The Morgan fingerprint density at radius 1 is 1.35 bits per heavy atom. The second-order valence-electron chi connectivity index (χ2n) is 5.17. The Labute approximate surface area is 103 Å². The van der Waals surface area contributed by atoms with Crippen LogP contribution in [0.4, 0.5) is 0 Å². The van der Waals surface area contributed by atoms with Crippen molar-refractivity contribution < 1.29 is 9.47 Å². The molecule has 1 saturated heterocycles. The van der Waals surface area contributed by atoms with E-state index in [1.165, 1.54) is 0 Å². The maximum absolute atomic E-state index is 6.15. The van der Waals surface area contributed by atoms with Crippen LogP contribution in [-0.2, 0) is 10.3 Å². The normalized spacial score (nSPS) is 21.2. The number of hydrogen-bond acceptors (Lipinski definition) is 3. The molecule has 1 unspecified atom stereocenters. The van der Waals surface area contributed by atoms with Crippen molar-refractivity contribution in [1.29, 1.82) is 0 Å². The van der Waals surface area contributed by atoms with Crippen molar-refractivity contribution in [3.05, 3.63) is 29.8 Å². The number of para-hydroxylation sites is 1. The largest absolute Gasteiger partial charge is 0.488 e. The van der Waals surface area contributed by atoms with Crippen molar-refractivity contribution in [1.82, 2.24) is 0 Å². The molecular formula is C14H21NO2. The van der Waals surface area contributed by atoms with E-state index in [-0.39, 0.29) is 11.6 Å². The maximum atomic E-state index is 6.15. The molecule has 1 fully saturated rings. The highest BCUT2D eigenvalue weighted by atomic mass is 16.5. The monoisotopic (exact) mass is 235 g/mol. The molecule has 2 N–H and O–H groups in total. The number of rotatable bonds is 3. The Balaban J connectivity index is 2.14. The third-order valence-electron chi connectivity index (χ3n) is 2.99. The summed E-state index contributed by atoms with van der Waals surface area (Å²) >= 11 is 0. The highest BCUT2D eigenvalue weighted by molar-refractivity contribution is 5.38. The first-order valence-electron chi connectivity index (χ1n) is 6.20. The zero-order valence-electron chi connectivity index (χ0n) is 10.6. The number of benzene rings is 1. The Morgan fingerprint density at radius 3 is 2.76 bits per heavy atom. The molecule has 0 saturated carbocycles. The van der Waals surface area contributed by atoms with Crippen LogP contribution in [0, 0.1) is 0 Å². The zero-order chi connectivity index (χ0) is 12.3. The van der Waals surface area contributed by atoms with Crippen molar-refractivity contribution in [2.24, 2.45) is 5.73 Å². The first-order chi connectivity index (χ1) is 8.07. The smallest absolute Gasteiger partial charge is 0.124 e. The lowest BCUT2D eigenvalue weighted by atomic mass is 9.94. The van der Waals surface area contributed by atoms with Gasteiger partial charge in [-0.2, -0.15) is 0 Å². The molecule has 3 nitrogen and oxygen atoms in total. The zero-order valence-corrected chi connectivity index (χ0v) is 10.6. The lowest BCUT2D eigenvalue weighted by Crippen LogP contribution is -2.32. The van der Waals surface area contributed by atoms with Crippen LogP contribution in [0.25, 0.3) is 0 Å². The molecule has 0 bridgehead atoms. The molecular weight excluding hydrogens is 214 g/mol. The van der Waals surface area contributed by atoms with Crippen LogP contribution in [-0.4, -0.2) is 19.3 Å². The Kier molecular flexibility index (Phi) is 3.69. The third-order valence-corrected chi connectivity index (χ3v) is 2.99. The first kappa shape index (κ1) is 12.4. The van der Waals surface area contributed by atoms with Crippen LogP contribution >= 0.6 is 0 Å². The molecule has 0 aliphatic carbocycles. The minimum atomic E-state index is -0.383. The van der Waals surface area contributed by atoms with Crippen molar-refractivity contribution in [3.63, 3.8) is 0 Å². The van der Waals surface area contributed by atoms with E-state index in [0.717, 1.165) is 30.8 Å². The molecule has 1 aromatic carbocycles. The highest BCUT2D eigenvalue weighted by Crippen LogP contribution is 2.29. The molecule has 1 aliphatic rings. The molecule has 1 aliphatic heterocycles. The minimum Gasteiger partial charge on any atom is -0.488 e. The van der Waals surface area contributed by atoms with Crippen molar-refractivity contribution in [2.75, 3.05) is 13.2 Å². The van der Waals surface area contributed by atoms with E-state index in [1.54, 1.807) is 0 Å². The van der Waals surface area contributed by atoms with Crippen LogP contribution in [0.2, 0.25) is 0 Å². The number of nitrogens with two attached hydrogens (primary N) is 1. The van der Waals surface area contributed by atoms with Crippen LogP contribution in [0.1, 0.15) is 32.3 Å². The van der Waals surface area contributed by atoms with E-state index >= 15 is 0 Å². The molecule has 0 spiro atoms. The number of hydrogen-bond donors (Lipinski definition) is 1. The molecule has 94 valence electrons. The quantitative estimate of drug-likeness (QED) is 0.875. The molecule has 1 atom stereocenters. The average Bonchev–Trinajstić information content (AvgIpc) is 2.30. The molecule has 0 amide bonds. The first-order valence-corrected chi connectivity index (χ1v) is 6.20. The van der Waals surface area contributed by atoms with Gasteiger partial charge in [-0.3, -0.25) is 0 Å². The van der Waals surface area contributed by atoms with Gasteiger partial charge < -0.3 is 15.2 Å². The van der Waals surface area contributed by atoms with Gasteiger partial charge in [0.1, 0.15) is 11.9 Å². The van der Waals surface area contributed by atoms with E-state index in [4.69, 9.17) is 15.2 Å². The second kappa shape index (κ2) is 5.07. The predicted octanol–water partition coefficient (Wildman–Crippen LogP) is 2.44. The van der Waals surface area contributed by atoms with Gasteiger partial charge in [-0.25, -0.2) is 0 Å². The molecule has 0 radical (unpaired) electrons. The Hall–Kier alpha value is -1.06. The van der Waals surface area contributed by atoms with Gasteiger partial charge in [0, 0.05) is 17.7 Å². The van der Waals surface area contributed by atoms with E-state index < -0.39 is 0 Å². The van der Waals surface area contributed by atoms with Gasteiger partial charge in [-0.15, -0.1) is 0 Å². The predicted molar refractivity (Wildman–Crippen MR) is 68.1 cm³/mol. The SMILES string of the molecule is CC(C)(N)c1ccccc1OC1CCCOC1. The van der Waals surface area contributed by atoms with Crippen LogP contribution in [0.5, 0.6) is 5.75 Å². The van der Waals surface area contributed by atoms with Gasteiger partial charge in [-0.1, -0.05) is 18.2 Å². The summed E-state index contributed by atoms with van der Waals surface area (Å²) in [4.78, 5) is 0. The van der Waals surface area contributed by atoms with E-state index in [9.17, 15) is 0 Å². The molecule has 1 aromatic rings.